The average molecular weight is 341 g/mol. The minimum absolute atomic E-state index is 0.145. The summed E-state index contributed by atoms with van der Waals surface area (Å²) in [7, 11) is 1.66. The molecule has 0 bridgehead atoms. The highest BCUT2D eigenvalue weighted by Crippen LogP contribution is 2.27. The number of anilines is 1. The molecule has 1 atom stereocenters. The molecule has 4 heteroatoms. The highest BCUT2D eigenvalue weighted by molar-refractivity contribution is 6.16. The van der Waals surface area contributed by atoms with Crippen molar-refractivity contribution in [3.05, 3.63) is 96.1 Å². The summed E-state index contributed by atoms with van der Waals surface area (Å²) in [4.78, 5) is 9.64. The Morgan fingerprint density at radius 2 is 1.46 bits per heavy atom. The number of hydrogen-bond acceptors (Lipinski definition) is 4. The van der Waals surface area contributed by atoms with Crippen LogP contribution < -0.4 is 10.1 Å². The molecule has 0 saturated heterocycles. The molecule has 26 heavy (non-hydrogen) atoms. The van der Waals surface area contributed by atoms with Gasteiger partial charge in [0.1, 0.15) is 17.6 Å². The minimum atomic E-state index is -0.145. The first-order valence-corrected chi connectivity index (χ1v) is 8.51. The second kappa shape index (κ2) is 7.23. The van der Waals surface area contributed by atoms with Crippen molar-refractivity contribution in [1.29, 1.82) is 0 Å². The normalized spacial score (nSPS) is 16.0. The smallest absolute Gasteiger partial charge is 0.157 e. The molecule has 0 saturated carbocycles. The molecule has 4 nitrogen and oxygen atoms in total. The van der Waals surface area contributed by atoms with E-state index in [1.165, 1.54) is 0 Å². The van der Waals surface area contributed by atoms with Crippen molar-refractivity contribution in [1.82, 2.24) is 0 Å². The van der Waals surface area contributed by atoms with Crippen molar-refractivity contribution in [2.75, 3.05) is 12.4 Å². The molecular formula is C22H19N3O. The monoisotopic (exact) mass is 341 g/mol. The van der Waals surface area contributed by atoms with Crippen molar-refractivity contribution < 1.29 is 4.74 Å². The maximum absolute atomic E-state index is 5.22. The van der Waals surface area contributed by atoms with Crippen LogP contribution in [-0.4, -0.2) is 18.8 Å². The number of aliphatic imine (C=N–C) groups is 2. The highest BCUT2D eigenvalue weighted by atomic mass is 16.5. The number of rotatable bonds is 4. The Hall–Kier alpha value is -3.40. The van der Waals surface area contributed by atoms with Gasteiger partial charge in [0.25, 0.3) is 0 Å². The van der Waals surface area contributed by atoms with Gasteiger partial charge in [-0.05, 0) is 29.8 Å². The number of methoxy groups -OCH3 is 1. The third kappa shape index (κ3) is 3.35. The Kier molecular flexibility index (Phi) is 4.48. The second-order valence-corrected chi connectivity index (χ2v) is 5.98. The van der Waals surface area contributed by atoms with Crippen LogP contribution in [-0.2, 0) is 0 Å². The van der Waals surface area contributed by atoms with E-state index in [2.05, 4.69) is 17.4 Å². The Morgan fingerprint density at radius 1 is 0.808 bits per heavy atom. The standard InChI is InChI=1S/C22H19N3O/c1-26-19-14-12-18(13-15-19)23-22-20(16-8-4-2-5-9-16)24-21(25-22)17-10-6-3-7-11-17/h2-15,20H,1H3,(H,23,24,25). The molecule has 0 fully saturated rings. The van der Waals surface area contributed by atoms with Gasteiger partial charge in [0.15, 0.2) is 5.84 Å². The summed E-state index contributed by atoms with van der Waals surface area (Å²) in [5.74, 6) is 2.39. The molecule has 1 aliphatic heterocycles. The van der Waals surface area contributed by atoms with E-state index < -0.39 is 0 Å². The molecule has 128 valence electrons. The second-order valence-electron chi connectivity index (χ2n) is 5.98. The van der Waals surface area contributed by atoms with Gasteiger partial charge < -0.3 is 10.1 Å². The lowest BCUT2D eigenvalue weighted by atomic mass is 10.1. The van der Waals surface area contributed by atoms with E-state index in [0.717, 1.165) is 34.2 Å². The van der Waals surface area contributed by atoms with Crippen LogP contribution in [0.3, 0.4) is 0 Å². The quantitative estimate of drug-likeness (QED) is 0.747. The minimum Gasteiger partial charge on any atom is -0.497 e. The Morgan fingerprint density at radius 3 is 2.12 bits per heavy atom. The third-order valence-electron chi connectivity index (χ3n) is 4.25. The van der Waals surface area contributed by atoms with Gasteiger partial charge >= 0.3 is 0 Å². The van der Waals surface area contributed by atoms with Crippen LogP contribution in [0, 0.1) is 0 Å². The van der Waals surface area contributed by atoms with Crippen molar-refractivity contribution in [3.63, 3.8) is 0 Å². The zero-order valence-electron chi connectivity index (χ0n) is 14.5. The fourth-order valence-electron chi connectivity index (χ4n) is 2.90. The van der Waals surface area contributed by atoms with Gasteiger partial charge in [-0.15, -0.1) is 0 Å². The van der Waals surface area contributed by atoms with Crippen LogP contribution in [0.5, 0.6) is 5.75 Å². The van der Waals surface area contributed by atoms with Crippen molar-refractivity contribution in [2.45, 2.75) is 6.04 Å². The van der Waals surface area contributed by atoms with E-state index in [4.69, 9.17) is 14.7 Å². The Bertz CT molecular complexity index is 932. The number of amidine groups is 2. The number of nitrogens with zero attached hydrogens (tertiary/aromatic N) is 2. The Labute approximate surface area is 152 Å². The van der Waals surface area contributed by atoms with Crippen LogP contribution in [0.4, 0.5) is 5.69 Å². The molecule has 1 heterocycles. The van der Waals surface area contributed by atoms with Crippen LogP contribution in [0.25, 0.3) is 0 Å². The molecule has 0 aliphatic carbocycles. The predicted octanol–water partition coefficient (Wildman–Crippen LogP) is 4.71. The summed E-state index contributed by atoms with van der Waals surface area (Å²) in [5, 5.41) is 3.42. The van der Waals surface area contributed by atoms with E-state index in [1.54, 1.807) is 7.11 Å². The first-order chi connectivity index (χ1) is 12.8. The van der Waals surface area contributed by atoms with Gasteiger partial charge in [0, 0.05) is 11.3 Å². The highest BCUT2D eigenvalue weighted by Gasteiger charge is 2.25. The SMILES string of the molecule is COc1ccc(NC2=NC(c3ccccc3)=NC2c2ccccc2)cc1. The van der Waals surface area contributed by atoms with Crippen molar-refractivity contribution >= 4 is 17.4 Å². The summed E-state index contributed by atoms with van der Waals surface area (Å²) in [6, 6.07) is 27.9. The predicted molar refractivity (Wildman–Crippen MR) is 106 cm³/mol. The Balaban J connectivity index is 1.67. The summed E-state index contributed by atoms with van der Waals surface area (Å²) in [6.07, 6.45) is 0. The average Bonchev–Trinajstić information content (AvgIpc) is 3.14. The molecule has 1 aliphatic rings. The molecular weight excluding hydrogens is 322 g/mol. The molecule has 1 unspecified atom stereocenters. The topological polar surface area (TPSA) is 46.0 Å². The fraction of sp³-hybridized carbons (Fsp3) is 0.0909. The molecule has 3 aromatic rings. The molecule has 0 aromatic heterocycles. The molecule has 3 aromatic carbocycles. The van der Waals surface area contributed by atoms with E-state index in [1.807, 2.05) is 72.8 Å². The molecule has 1 N–H and O–H groups in total. The maximum Gasteiger partial charge on any atom is 0.157 e. The summed E-state index contributed by atoms with van der Waals surface area (Å²) in [5.41, 5.74) is 3.08. The van der Waals surface area contributed by atoms with Gasteiger partial charge in [-0.3, -0.25) is 0 Å². The lowest BCUT2D eigenvalue weighted by Crippen LogP contribution is -2.17. The number of ether oxygens (including phenoxy) is 1. The van der Waals surface area contributed by atoms with Crippen LogP contribution in [0.15, 0.2) is 94.9 Å². The maximum atomic E-state index is 5.22. The third-order valence-corrected chi connectivity index (χ3v) is 4.25. The molecule has 0 radical (unpaired) electrons. The fourth-order valence-corrected chi connectivity index (χ4v) is 2.90. The van der Waals surface area contributed by atoms with E-state index in [9.17, 15) is 0 Å². The summed E-state index contributed by atoms with van der Waals surface area (Å²) in [6.45, 7) is 0. The van der Waals surface area contributed by atoms with E-state index in [0.29, 0.717) is 0 Å². The number of benzene rings is 3. The lowest BCUT2D eigenvalue weighted by molar-refractivity contribution is 0.415. The number of hydrogen-bond donors (Lipinski definition) is 1. The zero-order valence-corrected chi connectivity index (χ0v) is 14.5. The van der Waals surface area contributed by atoms with Crippen molar-refractivity contribution in [3.8, 4) is 5.75 Å². The first kappa shape index (κ1) is 16.1. The first-order valence-electron chi connectivity index (χ1n) is 8.51. The van der Waals surface area contributed by atoms with Gasteiger partial charge in [0.2, 0.25) is 0 Å². The summed E-state index contributed by atoms with van der Waals surface area (Å²) < 4.78 is 5.22. The zero-order chi connectivity index (χ0) is 17.8. The van der Waals surface area contributed by atoms with E-state index >= 15 is 0 Å². The molecule has 0 spiro atoms. The van der Waals surface area contributed by atoms with Crippen LogP contribution >= 0.6 is 0 Å². The van der Waals surface area contributed by atoms with Crippen LogP contribution in [0.2, 0.25) is 0 Å². The van der Waals surface area contributed by atoms with Gasteiger partial charge in [0.05, 0.1) is 7.11 Å². The van der Waals surface area contributed by atoms with Gasteiger partial charge in [-0.25, -0.2) is 9.98 Å². The van der Waals surface area contributed by atoms with E-state index in [-0.39, 0.29) is 6.04 Å². The molecule has 0 amide bonds. The van der Waals surface area contributed by atoms with Gasteiger partial charge in [-0.2, -0.15) is 0 Å². The van der Waals surface area contributed by atoms with Crippen molar-refractivity contribution in [2.24, 2.45) is 9.98 Å². The number of nitrogens with one attached hydrogen (secondary N) is 1. The molecule has 4 rings (SSSR count). The van der Waals surface area contributed by atoms with Crippen LogP contribution in [0.1, 0.15) is 17.2 Å². The lowest BCUT2D eigenvalue weighted by Gasteiger charge is -2.13. The summed E-state index contributed by atoms with van der Waals surface area (Å²) >= 11 is 0. The largest absolute Gasteiger partial charge is 0.497 e. The van der Waals surface area contributed by atoms with Gasteiger partial charge in [-0.1, -0.05) is 60.7 Å².